The van der Waals surface area contributed by atoms with Gasteiger partial charge in [-0.1, -0.05) is 17.8 Å². The van der Waals surface area contributed by atoms with E-state index in [1.165, 1.54) is 11.1 Å². The van der Waals surface area contributed by atoms with Gasteiger partial charge in [-0.25, -0.2) is 4.39 Å². The number of fused-ring (bicyclic) bond motifs is 2. The Hall–Kier alpha value is -1.95. The molecule has 0 spiro atoms. The number of aliphatic hydroxyl groups excluding tert-OH is 1. The summed E-state index contributed by atoms with van der Waals surface area (Å²) in [7, 11) is -11.0. The highest BCUT2D eigenvalue weighted by atomic mass is 32.2. The summed E-state index contributed by atoms with van der Waals surface area (Å²) in [6.07, 6.45) is 3.01. The second-order valence-electron chi connectivity index (χ2n) is 9.17. The van der Waals surface area contributed by atoms with Crippen LogP contribution in [0.15, 0.2) is 46.2 Å². The molecule has 0 saturated carbocycles. The summed E-state index contributed by atoms with van der Waals surface area (Å²) in [6, 6.07) is 11.4. The number of β-amino-alcohol motifs (C(OH)–C–C–N with tert-alkyl or cyclic N) is 1. The van der Waals surface area contributed by atoms with E-state index in [0.29, 0.717) is 18.8 Å². The molecule has 10 N–H and O–H groups in total. The van der Waals surface area contributed by atoms with Crippen LogP contribution in [0.5, 0.6) is 0 Å². The van der Waals surface area contributed by atoms with Crippen LogP contribution in [-0.4, -0.2) is 123 Å². The van der Waals surface area contributed by atoms with Crippen LogP contribution in [0.4, 0.5) is 10.1 Å². The van der Waals surface area contributed by atoms with Crippen molar-refractivity contribution in [2.24, 2.45) is 0 Å². The Morgan fingerprint density at radius 2 is 1.33 bits per heavy atom. The van der Waals surface area contributed by atoms with Crippen LogP contribution in [0.2, 0.25) is 0 Å². The van der Waals surface area contributed by atoms with Crippen molar-refractivity contribution in [1.82, 2.24) is 9.80 Å². The Labute approximate surface area is 255 Å². The largest absolute Gasteiger partial charge is 0.412 e. The highest BCUT2D eigenvalue weighted by molar-refractivity contribution is 7.99. The summed E-state index contributed by atoms with van der Waals surface area (Å²) in [6.45, 7) is 4.77. The number of hydrogen-bond donors (Lipinski definition) is 5. The number of rotatable bonds is 3. The van der Waals surface area contributed by atoms with Crippen molar-refractivity contribution in [1.29, 1.82) is 0 Å². The minimum atomic E-state index is -3.67. The molecule has 4 rings (SSSR count). The minimum Gasteiger partial charge on any atom is -0.412 e. The van der Waals surface area contributed by atoms with Gasteiger partial charge in [-0.3, -0.25) is 23.5 Å². The molecule has 1 atom stereocenters. The Bertz CT molecular complexity index is 1370. The normalized spacial score (nSPS) is 16.8. The third kappa shape index (κ3) is 20.6. The number of nitrogens with zero attached hydrogens (tertiary/aromatic N) is 2. The maximum atomic E-state index is 13.8. The molecule has 0 aromatic heterocycles. The number of piperazine rings is 1. The van der Waals surface area contributed by atoms with Crippen LogP contribution in [0, 0.1) is 5.82 Å². The molecule has 0 amide bonds. The first-order chi connectivity index (χ1) is 18.6. The molecule has 0 bridgehead atoms. The van der Waals surface area contributed by atoms with E-state index in [1.807, 2.05) is 12.1 Å². The van der Waals surface area contributed by atoms with Crippen molar-refractivity contribution in [2.75, 3.05) is 63.8 Å². The minimum absolute atomic E-state index is 0. The van der Waals surface area contributed by atoms with E-state index in [9.17, 15) is 29.6 Å². The Morgan fingerprint density at radius 1 is 0.837 bits per heavy atom. The molecular weight excluding hydrogens is 658 g/mol. The molecule has 43 heavy (non-hydrogen) atoms. The molecular formula is C23H40FN3O12S4. The SMILES string of the molecule is CS(=O)(=O)O.CS(=O)(=O)O.CS(=O)(=O)O.Nc1ccc2c(c1)C(N1CCN(CCO)CC1)Cc1ccc(F)cc1S2.O.O. The molecule has 250 valence electrons. The van der Waals surface area contributed by atoms with Crippen molar-refractivity contribution in [3.8, 4) is 0 Å². The molecule has 2 aromatic carbocycles. The first-order valence-corrected chi connectivity index (χ1v) is 18.2. The zero-order valence-corrected chi connectivity index (χ0v) is 27.0. The first kappa shape index (κ1) is 43.2. The molecule has 20 heteroatoms. The van der Waals surface area contributed by atoms with Gasteiger partial charge in [-0.05, 0) is 47.9 Å². The monoisotopic (exact) mass is 697 g/mol. The number of anilines is 1. The molecule has 1 fully saturated rings. The van der Waals surface area contributed by atoms with Crippen molar-refractivity contribution in [2.45, 2.75) is 22.3 Å². The lowest BCUT2D eigenvalue weighted by atomic mass is 9.96. The Kier molecular flexibility index (Phi) is 18.8. The van der Waals surface area contributed by atoms with Crippen LogP contribution in [-0.2, 0) is 36.8 Å². The molecule has 2 aromatic rings. The van der Waals surface area contributed by atoms with Gasteiger partial charge in [0.2, 0.25) is 0 Å². The fourth-order valence-electron chi connectivity index (χ4n) is 3.91. The number of hydrogen-bond acceptors (Lipinski definition) is 11. The second-order valence-corrected chi connectivity index (χ2v) is 14.7. The quantitative estimate of drug-likeness (QED) is 0.202. The molecule has 0 aliphatic carbocycles. The first-order valence-electron chi connectivity index (χ1n) is 11.8. The lowest BCUT2D eigenvalue weighted by Gasteiger charge is -2.39. The smallest absolute Gasteiger partial charge is 0.261 e. The summed E-state index contributed by atoms with van der Waals surface area (Å²) in [5.74, 6) is -0.190. The van der Waals surface area contributed by atoms with Crippen molar-refractivity contribution in [3.05, 3.63) is 53.3 Å². The van der Waals surface area contributed by atoms with Crippen molar-refractivity contribution in [3.63, 3.8) is 0 Å². The van der Waals surface area contributed by atoms with Crippen LogP contribution in [0.3, 0.4) is 0 Å². The molecule has 1 saturated heterocycles. The third-order valence-electron chi connectivity index (χ3n) is 5.32. The van der Waals surface area contributed by atoms with E-state index >= 15 is 0 Å². The second kappa shape index (κ2) is 18.8. The lowest BCUT2D eigenvalue weighted by Crippen LogP contribution is -2.48. The summed E-state index contributed by atoms with van der Waals surface area (Å²) >= 11 is 1.64. The fourth-order valence-corrected chi connectivity index (χ4v) is 5.05. The van der Waals surface area contributed by atoms with Gasteiger partial charge in [0.25, 0.3) is 30.4 Å². The Balaban J connectivity index is 0. The predicted octanol–water partition coefficient (Wildman–Crippen LogP) is -0.371. The van der Waals surface area contributed by atoms with Crippen LogP contribution < -0.4 is 5.73 Å². The van der Waals surface area contributed by atoms with E-state index in [-0.39, 0.29) is 29.4 Å². The average Bonchev–Trinajstić information content (AvgIpc) is 2.93. The number of aliphatic hydroxyl groups is 1. The highest BCUT2D eigenvalue weighted by Gasteiger charge is 2.30. The van der Waals surface area contributed by atoms with Crippen molar-refractivity contribution < 1.29 is 59.4 Å². The van der Waals surface area contributed by atoms with Gasteiger partial charge in [0.1, 0.15) is 5.82 Å². The summed E-state index contributed by atoms with van der Waals surface area (Å²) in [4.78, 5) is 6.96. The molecule has 2 aliphatic heterocycles. The van der Waals surface area contributed by atoms with Gasteiger partial charge in [0.15, 0.2) is 0 Å². The Morgan fingerprint density at radius 3 is 1.79 bits per heavy atom. The lowest BCUT2D eigenvalue weighted by molar-refractivity contribution is 0.0823. The standard InChI is InChI=1S/C20H24FN3OS.3CH4O3S.2H2O/c21-15-2-1-14-11-18(24-7-5-23(6-8-24)9-10-25)17-13-16(22)3-4-19(17)26-20(14)12-15;3*1-5(2,3)4;;/h1-4,12-13,18,25H,5-11,22H2;3*1H3,(H,2,3,4);2*1H2. The number of benzene rings is 2. The molecule has 2 heterocycles. The molecule has 2 aliphatic rings. The maximum absolute atomic E-state index is 13.8. The van der Waals surface area contributed by atoms with E-state index in [0.717, 1.165) is 54.6 Å². The van der Waals surface area contributed by atoms with Gasteiger partial charge < -0.3 is 21.8 Å². The zero-order chi connectivity index (χ0) is 31.6. The number of nitrogens with two attached hydrogens (primary N) is 1. The summed E-state index contributed by atoms with van der Waals surface area (Å²) < 4.78 is 91.4. The average molecular weight is 698 g/mol. The van der Waals surface area contributed by atoms with E-state index in [1.54, 1.807) is 23.9 Å². The van der Waals surface area contributed by atoms with Crippen LogP contribution in [0.1, 0.15) is 17.2 Å². The van der Waals surface area contributed by atoms with E-state index in [2.05, 4.69) is 21.9 Å². The van der Waals surface area contributed by atoms with E-state index < -0.39 is 30.4 Å². The van der Waals surface area contributed by atoms with Crippen LogP contribution >= 0.6 is 11.8 Å². The number of nitrogen functional groups attached to an aromatic ring is 1. The summed E-state index contributed by atoms with van der Waals surface area (Å²) in [5, 5.41) is 9.16. The van der Waals surface area contributed by atoms with Crippen LogP contribution in [0.25, 0.3) is 0 Å². The van der Waals surface area contributed by atoms with Gasteiger partial charge >= 0.3 is 0 Å². The molecule has 1 unspecified atom stereocenters. The highest BCUT2D eigenvalue weighted by Crippen LogP contribution is 2.43. The predicted molar refractivity (Wildman–Crippen MR) is 163 cm³/mol. The fraction of sp³-hybridized carbons (Fsp3) is 0.478. The number of halogens is 1. The van der Waals surface area contributed by atoms with Gasteiger partial charge in [0.05, 0.1) is 25.4 Å². The van der Waals surface area contributed by atoms with Crippen molar-refractivity contribution >= 4 is 47.8 Å². The van der Waals surface area contributed by atoms with Gasteiger partial charge in [-0.2, -0.15) is 25.3 Å². The third-order valence-corrected chi connectivity index (χ3v) is 6.51. The van der Waals surface area contributed by atoms with Gasteiger partial charge in [0, 0.05) is 54.2 Å². The zero-order valence-electron chi connectivity index (χ0n) is 23.7. The maximum Gasteiger partial charge on any atom is 0.261 e. The molecule has 15 nitrogen and oxygen atoms in total. The summed E-state index contributed by atoms with van der Waals surface area (Å²) in [5.41, 5.74) is 9.29. The molecule has 0 radical (unpaired) electrons. The van der Waals surface area contributed by atoms with Gasteiger partial charge in [-0.15, -0.1) is 0 Å². The topological polar surface area (TPSA) is 279 Å². The van der Waals surface area contributed by atoms with E-state index in [4.69, 9.17) is 24.5 Å².